The van der Waals surface area contributed by atoms with Gasteiger partial charge >= 0.3 is 10.2 Å². The summed E-state index contributed by atoms with van der Waals surface area (Å²) in [5.41, 5.74) is 0. The monoisotopic (exact) mass is 264 g/mol. The summed E-state index contributed by atoms with van der Waals surface area (Å²) >= 11 is 0. The summed E-state index contributed by atoms with van der Waals surface area (Å²) in [4.78, 5) is 0. The molecule has 0 aromatic rings. The Hall–Kier alpha value is -0.520. The third-order valence-corrected chi connectivity index (χ3v) is 2.59. The maximum atomic E-state index is 11.8. The summed E-state index contributed by atoms with van der Waals surface area (Å²) in [7, 11) is -9.32. The second kappa shape index (κ2) is 4.77. The molecule has 0 aliphatic carbocycles. The standard InChI is InChI=1S/C10H17F5S/c1-2-3-4-5-6-7-8-9-10-16(11,12,13,14)15/h2,9-10H,1,3-8H2/b10-9+. The smallest absolute Gasteiger partial charge is 0.103 e. The van der Waals surface area contributed by atoms with Crippen LogP contribution in [-0.4, -0.2) is 0 Å². The summed E-state index contributed by atoms with van der Waals surface area (Å²) in [6, 6.07) is 0. The molecule has 0 heterocycles. The van der Waals surface area contributed by atoms with Crippen molar-refractivity contribution in [3.63, 3.8) is 0 Å². The minimum absolute atomic E-state index is 0.0414. The van der Waals surface area contributed by atoms with Crippen molar-refractivity contribution < 1.29 is 19.4 Å². The van der Waals surface area contributed by atoms with Gasteiger partial charge in [-0.2, -0.15) is 0 Å². The first-order valence-corrected chi connectivity index (χ1v) is 7.08. The first kappa shape index (κ1) is 15.5. The Labute approximate surface area is 92.9 Å². The molecule has 0 aliphatic rings. The summed E-state index contributed by atoms with van der Waals surface area (Å²) in [5.74, 6) is 0. The van der Waals surface area contributed by atoms with Gasteiger partial charge in [0.05, 0.1) is 5.41 Å². The number of unbranched alkanes of at least 4 members (excludes halogenated alkanes) is 5. The van der Waals surface area contributed by atoms with E-state index in [-0.39, 0.29) is 6.42 Å². The van der Waals surface area contributed by atoms with Crippen molar-refractivity contribution in [2.75, 3.05) is 0 Å². The van der Waals surface area contributed by atoms with Crippen LogP contribution in [0, 0.1) is 0 Å². The van der Waals surface area contributed by atoms with Gasteiger partial charge in [-0.1, -0.05) is 44.4 Å². The van der Waals surface area contributed by atoms with E-state index in [1.54, 1.807) is 6.08 Å². The molecule has 0 bridgehead atoms. The number of rotatable bonds is 8. The first-order valence-electron chi connectivity index (χ1n) is 5.07. The van der Waals surface area contributed by atoms with Crippen LogP contribution in [0.4, 0.5) is 19.4 Å². The van der Waals surface area contributed by atoms with Crippen molar-refractivity contribution >= 4 is 10.2 Å². The molecule has 0 aliphatic heterocycles. The Morgan fingerprint density at radius 2 is 1.31 bits per heavy atom. The highest BCUT2D eigenvalue weighted by Gasteiger charge is 2.60. The molecule has 0 aromatic carbocycles. The van der Waals surface area contributed by atoms with Gasteiger partial charge in [0.1, 0.15) is 0 Å². The lowest BCUT2D eigenvalue weighted by Gasteiger charge is -2.36. The third kappa shape index (κ3) is 13.5. The highest BCUT2D eigenvalue weighted by Crippen LogP contribution is 2.98. The highest BCUT2D eigenvalue weighted by atomic mass is 32.5. The van der Waals surface area contributed by atoms with E-state index in [1.807, 2.05) is 0 Å². The zero-order valence-electron chi connectivity index (χ0n) is 8.98. The average molecular weight is 264 g/mol. The van der Waals surface area contributed by atoms with Crippen LogP contribution in [-0.2, 0) is 0 Å². The fourth-order valence-corrected chi connectivity index (χ4v) is 1.65. The number of halogens is 5. The van der Waals surface area contributed by atoms with Crippen molar-refractivity contribution in [2.45, 2.75) is 38.5 Å². The van der Waals surface area contributed by atoms with E-state index in [1.165, 1.54) is 0 Å². The molecular weight excluding hydrogens is 247 g/mol. The van der Waals surface area contributed by atoms with E-state index in [2.05, 4.69) is 6.58 Å². The molecule has 0 radical (unpaired) electrons. The van der Waals surface area contributed by atoms with Crippen LogP contribution >= 0.6 is 10.2 Å². The quantitative estimate of drug-likeness (QED) is 0.273. The minimum atomic E-state index is -9.32. The molecule has 0 fully saturated rings. The average Bonchev–Trinajstić information content (AvgIpc) is 2.05. The molecule has 0 nitrogen and oxygen atoms in total. The fraction of sp³-hybridized carbons (Fsp3) is 0.600. The van der Waals surface area contributed by atoms with E-state index >= 15 is 0 Å². The molecule has 0 unspecified atom stereocenters. The third-order valence-electron chi connectivity index (χ3n) is 1.88. The van der Waals surface area contributed by atoms with Crippen molar-refractivity contribution in [1.82, 2.24) is 0 Å². The van der Waals surface area contributed by atoms with Gasteiger partial charge in [-0.25, -0.2) is 0 Å². The molecule has 0 amide bonds. The van der Waals surface area contributed by atoms with Crippen LogP contribution in [0.1, 0.15) is 38.5 Å². The van der Waals surface area contributed by atoms with Crippen molar-refractivity contribution in [2.24, 2.45) is 0 Å². The number of allylic oxidation sites excluding steroid dienone is 2. The minimum Gasteiger partial charge on any atom is -0.103 e. The first-order chi connectivity index (χ1) is 7.04. The van der Waals surface area contributed by atoms with Gasteiger partial charge in [0.2, 0.25) is 0 Å². The van der Waals surface area contributed by atoms with Crippen LogP contribution in [0.25, 0.3) is 0 Å². The second-order valence-electron chi connectivity index (χ2n) is 3.68. The van der Waals surface area contributed by atoms with Crippen LogP contribution in [0.5, 0.6) is 0 Å². The van der Waals surface area contributed by atoms with Gasteiger partial charge in [0, 0.05) is 0 Å². The lowest BCUT2D eigenvalue weighted by molar-refractivity contribution is 0.384. The topological polar surface area (TPSA) is 0 Å². The van der Waals surface area contributed by atoms with Crippen LogP contribution in [0.3, 0.4) is 0 Å². The van der Waals surface area contributed by atoms with E-state index in [0.717, 1.165) is 25.7 Å². The summed E-state index contributed by atoms with van der Waals surface area (Å²) in [5, 5.41) is -0.857. The highest BCUT2D eigenvalue weighted by molar-refractivity contribution is 8.48. The van der Waals surface area contributed by atoms with Gasteiger partial charge in [0.25, 0.3) is 0 Å². The van der Waals surface area contributed by atoms with E-state index in [9.17, 15) is 19.4 Å². The SMILES string of the molecule is C=CCCCCCC/C=C/S(F)(F)(F)(F)F. The molecule has 0 saturated carbocycles. The largest absolute Gasteiger partial charge is 0.304 e. The maximum Gasteiger partial charge on any atom is 0.304 e. The van der Waals surface area contributed by atoms with Crippen molar-refractivity contribution in [3.8, 4) is 0 Å². The molecule has 16 heavy (non-hydrogen) atoms. The number of hydrogen-bond acceptors (Lipinski definition) is 0. The van der Waals surface area contributed by atoms with Crippen molar-refractivity contribution in [3.05, 3.63) is 24.1 Å². The maximum absolute atomic E-state index is 11.8. The van der Waals surface area contributed by atoms with Crippen molar-refractivity contribution in [1.29, 1.82) is 0 Å². The van der Waals surface area contributed by atoms with E-state index < -0.39 is 15.6 Å². The Morgan fingerprint density at radius 1 is 0.812 bits per heavy atom. The summed E-state index contributed by atoms with van der Waals surface area (Å²) in [6.07, 6.45) is 6.29. The Balaban J connectivity index is 3.68. The molecule has 98 valence electrons. The van der Waals surface area contributed by atoms with E-state index in [4.69, 9.17) is 0 Å². The molecule has 0 atom stereocenters. The lowest BCUT2D eigenvalue weighted by atomic mass is 10.1. The van der Waals surface area contributed by atoms with Crippen LogP contribution < -0.4 is 0 Å². The summed E-state index contributed by atoms with van der Waals surface area (Å²) < 4.78 is 59.0. The van der Waals surface area contributed by atoms with Gasteiger partial charge < -0.3 is 0 Å². The Morgan fingerprint density at radius 3 is 1.75 bits per heavy atom. The molecular formula is C10H17F5S. The fourth-order valence-electron chi connectivity index (χ4n) is 1.15. The van der Waals surface area contributed by atoms with Gasteiger partial charge in [0.15, 0.2) is 0 Å². The van der Waals surface area contributed by atoms with Gasteiger partial charge in [-0.3, -0.25) is 0 Å². The van der Waals surface area contributed by atoms with Crippen LogP contribution in [0.15, 0.2) is 24.1 Å². The zero-order valence-corrected chi connectivity index (χ0v) is 9.80. The predicted octanol–water partition coefficient (Wildman–Crippen LogP) is 6.33. The van der Waals surface area contributed by atoms with Crippen LogP contribution in [0.2, 0.25) is 0 Å². The Bertz CT molecular complexity index is 250. The molecule has 0 aromatic heterocycles. The normalized spacial score (nSPS) is 17.1. The van der Waals surface area contributed by atoms with Gasteiger partial charge in [-0.05, 0) is 25.7 Å². The zero-order chi connectivity index (χ0) is 12.8. The van der Waals surface area contributed by atoms with E-state index in [0.29, 0.717) is 12.5 Å². The molecule has 0 saturated heterocycles. The second-order valence-corrected chi connectivity index (χ2v) is 6.01. The molecule has 0 N–H and O–H groups in total. The molecule has 0 rings (SSSR count). The molecule has 0 spiro atoms. The molecule has 6 heteroatoms. The predicted molar refractivity (Wildman–Crippen MR) is 60.2 cm³/mol. The number of hydrogen-bond donors (Lipinski definition) is 0. The Kier molecular flexibility index (Phi) is 4.62. The summed E-state index contributed by atoms with van der Waals surface area (Å²) in [6.45, 7) is 3.53. The lowest BCUT2D eigenvalue weighted by Crippen LogP contribution is -1.98. The van der Waals surface area contributed by atoms with Gasteiger partial charge in [-0.15, -0.1) is 6.58 Å².